The zero-order valence-corrected chi connectivity index (χ0v) is 18.6. The first kappa shape index (κ1) is 21.0. The number of halogens is 1. The van der Waals surface area contributed by atoms with Crippen LogP contribution in [0.4, 0.5) is 0 Å². The van der Waals surface area contributed by atoms with Crippen molar-refractivity contribution >= 4 is 35.8 Å². The fourth-order valence-corrected chi connectivity index (χ4v) is 4.13. The van der Waals surface area contributed by atoms with E-state index in [0.29, 0.717) is 12.5 Å². The second-order valence-corrected chi connectivity index (χ2v) is 7.51. The van der Waals surface area contributed by atoms with Gasteiger partial charge in [0.1, 0.15) is 0 Å². The molecule has 1 amide bonds. The monoisotopic (exact) mass is 500 g/mol. The summed E-state index contributed by atoms with van der Waals surface area (Å²) in [5.41, 5.74) is 1.10. The molecule has 2 fully saturated rings. The van der Waals surface area contributed by atoms with Crippen LogP contribution >= 0.6 is 24.0 Å². The average Bonchev–Trinajstić information content (AvgIpc) is 3.45. The van der Waals surface area contributed by atoms with E-state index in [9.17, 15) is 4.79 Å². The summed E-state index contributed by atoms with van der Waals surface area (Å²) in [7, 11) is 1.77. The average molecular weight is 500 g/mol. The summed E-state index contributed by atoms with van der Waals surface area (Å²) in [6.07, 6.45) is 5.48. The molecule has 1 unspecified atom stereocenters. The molecule has 1 aromatic carbocycles. The van der Waals surface area contributed by atoms with E-state index in [-0.39, 0.29) is 42.7 Å². The number of nitrogens with zero attached hydrogens (tertiary/aromatic N) is 2. The van der Waals surface area contributed by atoms with Gasteiger partial charge in [-0.2, -0.15) is 0 Å². The van der Waals surface area contributed by atoms with Gasteiger partial charge in [0.05, 0.1) is 0 Å². The molecular weight excluding hydrogens is 471 g/mol. The molecule has 1 atom stereocenters. The van der Waals surface area contributed by atoms with Gasteiger partial charge >= 0.3 is 0 Å². The van der Waals surface area contributed by atoms with Crippen molar-refractivity contribution in [3.05, 3.63) is 23.8 Å². The number of amides is 1. The number of carbonyl (C=O) groups is 1. The quantitative estimate of drug-likeness (QED) is 0.378. The van der Waals surface area contributed by atoms with Gasteiger partial charge in [-0.3, -0.25) is 9.79 Å². The van der Waals surface area contributed by atoms with E-state index in [1.165, 1.54) is 12.8 Å². The van der Waals surface area contributed by atoms with E-state index in [1.807, 2.05) is 23.1 Å². The second kappa shape index (κ2) is 9.67. The third-order valence-electron chi connectivity index (χ3n) is 5.67. The highest BCUT2D eigenvalue weighted by Crippen LogP contribution is 2.32. The zero-order chi connectivity index (χ0) is 18.6. The first-order valence-electron chi connectivity index (χ1n) is 9.87. The molecule has 7 nitrogen and oxygen atoms in total. The van der Waals surface area contributed by atoms with Crippen LogP contribution < -0.4 is 20.1 Å². The molecule has 0 aromatic heterocycles. The smallest absolute Gasteiger partial charge is 0.231 e. The van der Waals surface area contributed by atoms with Gasteiger partial charge in [-0.15, -0.1) is 24.0 Å². The Morgan fingerprint density at radius 1 is 1.21 bits per heavy atom. The van der Waals surface area contributed by atoms with E-state index in [1.54, 1.807) is 7.05 Å². The third-order valence-corrected chi connectivity index (χ3v) is 5.67. The van der Waals surface area contributed by atoms with Crippen LogP contribution in [0.2, 0.25) is 0 Å². The molecule has 8 heteroatoms. The van der Waals surface area contributed by atoms with Crippen LogP contribution in [0.1, 0.15) is 37.7 Å². The normalized spacial score (nSPS) is 21.5. The zero-order valence-electron chi connectivity index (χ0n) is 16.3. The Bertz CT molecular complexity index is 721. The van der Waals surface area contributed by atoms with Gasteiger partial charge in [0.2, 0.25) is 12.7 Å². The number of likely N-dealkylation sites (tertiary alicyclic amines) is 1. The molecule has 2 heterocycles. The minimum Gasteiger partial charge on any atom is -0.454 e. The summed E-state index contributed by atoms with van der Waals surface area (Å²) in [6, 6.07) is 6.18. The number of ether oxygens (including phenoxy) is 2. The maximum absolute atomic E-state index is 12.6. The molecule has 154 valence electrons. The highest BCUT2D eigenvalue weighted by Gasteiger charge is 2.32. The largest absolute Gasteiger partial charge is 0.454 e. The number of benzene rings is 1. The molecule has 0 bridgehead atoms. The topological polar surface area (TPSA) is 75.2 Å². The highest BCUT2D eigenvalue weighted by molar-refractivity contribution is 14.0. The van der Waals surface area contributed by atoms with Crippen LogP contribution in [-0.2, 0) is 11.3 Å². The Balaban J connectivity index is 0.00000225. The van der Waals surface area contributed by atoms with Gasteiger partial charge in [-0.1, -0.05) is 18.9 Å². The summed E-state index contributed by atoms with van der Waals surface area (Å²) < 4.78 is 10.8. The predicted molar refractivity (Wildman–Crippen MR) is 118 cm³/mol. The van der Waals surface area contributed by atoms with E-state index >= 15 is 0 Å². The molecule has 1 aliphatic carbocycles. The molecule has 0 spiro atoms. The van der Waals surface area contributed by atoms with Crippen molar-refractivity contribution in [1.82, 2.24) is 15.5 Å². The van der Waals surface area contributed by atoms with Crippen molar-refractivity contribution in [2.24, 2.45) is 10.9 Å². The SMILES string of the molecule is CN=C(NCc1ccc2c(c1)OCO2)NC1CCN(C(=O)C2CCCC2)C1.I. The molecule has 1 saturated carbocycles. The third kappa shape index (κ3) is 4.82. The Morgan fingerprint density at radius 3 is 2.79 bits per heavy atom. The molecule has 1 aromatic rings. The predicted octanol–water partition coefficient (Wildman–Crippen LogP) is 2.49. The lowest BCUT2D eigenvalue weighted by Gasteiger charge is -2.21. The molecule has 28 heavy (non-hydrogen) atoms. The molecule has 2 N–H and O–H groups in total. The van der Waals surface area contributed by atoms with Crippen molar-refractivity contribution in [1.29, 1.82) is 0 Å². The number of nitrogens with one attached hydrogen (secondary N) is 2. The number of guanidine groups is 1. The number of hydrogen-bond acceptors (Lipinski definition) is 4. The van der Waals surface area contributed by atoms with Gasteiger partial charge in [0.25, 0.3) is 0 Å². The Hall–Kier alpha value is -1.71. The van der Waals surface area contributed by atoms with E-state index in [0.717, 1.165) is 55.4 Å². The number of hydrogen-bond donors (Lipinski definition) is 2. The maximum Gasteiger partial charge on any atom is 0.231 e. The van der Waals surface area contributed by atoms with Crippen LogP contribution in [0.15, 0.2) is 23.2 Å². The van der Waals surface area contributed by atoms with Crippen LogP contribution in [-0.4, -0.2) is 49.7 Å². The lowest BCUT2D eigenvalue weighted by Crippen LogP contribution is -2.45. The number of carbonyl (C=O) groups excluding carboxylic acids is 1. The standard InChI is InChI=1S/C20H28N4O3.HI/c1-21-20(22-11-14-6-7-17-18(10-14)27-13-26-17)23-16-8-9-24(12-16)19(25)15-4-2-3-5-15;/h6-7,10,15-16H,2-5,8-9,11-13H2,1H3,(H2,21,22,23);1H. The second-order valence-electron chi connectivity index (χ2n) is 7.51. The minimum atomic E-state index is 0. The molecular formula is C20H29IN4O3. The van der Waals surface area contributed by atoms with Crippen molar-refractivity contribution in [3.63, 3.8) is 0 Å². The molecule has 4 rings (SSSR count). The van der Waals surface area contributed by atoms with Crippen LogP contribution in [0.3, 0.4) is 0 Å². The minimum absolute atomic E-state index is 0. The number of fused-ring (bicyclic) bond motifs is 1. The van der Waals surface area contributed by atoms with Crippen molar-refractivity contribution in [2.45, 2.75) is 44.7 Å². The van der Waals surface area contributed by atoms with E-state index in [4.69, 9.17) is 9.47 Å². The van der Waals surface area contributed by atoms with E-state index in [2.05, 4.69) is 15.6 Å². The Kier molecular flexibility index (Phi) is 7.25. The number of rotatable bonds is 4. The summed E-state index contributed by atoms with van der Waals surface area (Å²) in [5, 5.41) is 6.79. The summed E-state index contributed by atoms with van der Waals surface area (Å²) >= 11 is 0. The summed E-state index contributed by atoms with van der Waals surface area (Å²) in [4.78, 5) is 18.9. The van der Waals surface area contributed by atoms with Gasteiger partial charge in [-0.25, -0.2) is 0 Å². The first-order chi connectivity index (χ1) is 13.2. The Morgan fingerprint density at radius 2 is 2.00 bits per heavy atom. The lowest BCUT2D eigenvalue weighted by molar-refractivity contribution is -0.134. The van der Waals surface area contributed by atoms with Crippen LogP contribution in [0.25, 0.3) is 0 Å². The number of aliphatic imine (C=N–C) groups is 1. The lowest BCUT2D eigenvalue weighted by atomic mass is 10.1. The Labute approximate surface area is 183 Å². The van der Waals surface area contributed by atoms with Gasteiger partial charge in [0.15, 0.2) is 17.5 Å². The van der Waals surface area contributed by atoms with Gasteiger partial charge in [0, 0.05) is 38.6 Å². The fourth-order valence-electron chi connectivity index (χ4n) is 4.13. The first-order valence-corrected chi connectivity index (χ1v) is 9.87. The van der Waals surface area contributed by atoms with E-state index < -0.39 is 0 Å². The fraction of sp³-hybridized carbons (Fsp3) is 0.600. The van der Waals surface area contributed by atoms with Gasteiger partial charge in [-0.05, 0) is 37.0 Å². The van der Waals surface area contributed by atoms with Crippen molar-refractivity contribution in [2.75, 3.05) is 26.9 Å². The maximum atomic E-state index is 12.6. The van der Waals surface area contributed by atoms with Crippen molar-refractivity contribution in [3.8, 4) is 11.5 Å². The molecule has 0 radical (unpaired) electrons. The van der Waals surface area contributed by atoms with Crippen molar-refractivity contribution < 1.29 is 14.3 Å². The molecule has 2 aliphatic heterocycles. The highest BCUT2D eigenvalue weighted by atomic mass is 127. The molecule has 1 saturated heterocycles. The summed E-state index contributed by atoms with van der Waals surface area (Å²) in [6.45, 7) is 2.53. The van der Waals surface area contributed by atoms with Crippen LogP contribution in [0, 0.1) is 5.92 Å². The van der Waals surface area contributed by atoms with Crippen LogP contribution in [0.5, 0.6) is 11.5 Å². The van der Waals surface area contributed by atoms with Gasteiger partial charge < -0.3 is 25.0 Å². The molecule has 3 aliphatic rings. The summed E-state index contributed by atoms with van der Waals surface area (Å²) in [5.74, 6) is 2.94.